The van der Waals surface area contributed by atoms with E-state index in [1.54, 1.807) is 0 Å². The second-order valence-corrected chi connectivity index (χ2v) is 8.93. The largest absolute Gasteiger partial charge is 0.450 e. The Morgan fingerprint density at radius 2 is 1.09 bits per heavy atom. The molecule has 13 heteroatoms. The zero-order chi connectivity index (χ0) is 26.4. The summed E-state index contributed by atoms with van der Waals surface area (Å²) in [6.45, 7) is 4.38. The number of carbonyl (C=O) groups is 2. The number of aliphatic hydroxyl groups excluding tert-OH is 6. The summed E-state index contributed by atoms with van der Waals surface area (Å²) in [6, 6.07) is -1.43. The number of ketones is 1. The number of carbonyl (C=O) groups excluding carboxylic acids is 2. The van der Waals surface area contributed by atoms with Crippen LogP contribution in [0, 0.1) is 0 Å². The Morgan fingerprint density at radius 3 is 1.40 bits per heavy atom. The molecular formula is C22H44N4O9. The standard InChI is InChI=1S/C22H44N4O9/c1-17(31)11-23-3-7-25(19(12-27)21(33)14-29)9-5-24(16-35-18(2)32)6-10-26(8-4-23)20(13-28)22(34)15-30/h19-22,27-30,33-34H,3-16H2,1-2H3/t19?,20?,21-,22+. The van der Waals surface area contributed by atoms with Crippen molar-refractivity contribution in [2.75, 3.05) is 92.1 Å². The minimum absolute atomic E-state index is 0.00612. The summed E-state index contributed by atoms with van der Waals surface area (Å²) in [5.74, 6) is -0.483. The number of rotatable bonds is 12. The van der Waals surface area contributed by atoms with E-state index in [1.165, 1.54) is 13.8 Å². The SMILES string of the molecule is CC(=O)CN1CCN(C(CO)[C@H](O)CO)CCN(COC(C)=O)CCN(C(CO)[C@@H](O)CO)CC1. The Morgan fingerprint density at radius 1 is 0.686 bits per heavy atom. The quantitative estimate of drug-likeness (QED) is 0.140. The zero-order valence-electron chi connectivity index (χ0n) is 20.9. The predicted molar refractivity (Wildman–Crippen MR) is 126 cm³/mol. The van der Waals surface area contributed by atoms with E-state index in [0.717, 1.165) is 0 Å². The fraction of sp³-hybridized carbons (Fsp3) is 0.909. The molecule has 1 aliphatic rings. The van der Waals surface area contributed by atoms with E-state index in [9.17, 15) is 40.2 Å². The molecule has 1 rings (SSSR count). The summed E-state index contributed by atoms with van der Waals surface area (Å²) in [7, 11) is 0. The van der Waals surface area contributed by atoms with Crippen LogP contribution in [0.4, 0.5) is 0 Å². The molecule has 0 spiro atoms. The molecule has 1 fully saturated rings. The number of hydrogen-bond donors (Lipinski definition) is 6. The highest BCUT2D eigenvalue weighted by molar-refractivity contribution is 5.77. The van der Waals surface area contributed by atoms with Crippen LogP contribution in [0.2, 0.25) is 0 Å². The molecule has 0 aliphatic carbocycles. The van der Waals surface area contributed by atoms with Gasteiger partial charge in [0.2, 0.25) is 0 Å². The van der Waals surface area contributed by atoms with Gasteiger partial charge in [0.1, 0.15) is 12.5 Å². The van der Waals surface area contributed by atoms with Crippen molar-refractivity contribution in [3.05, 3.63) is 0 Å². The molecular weight excluding hydrogens is 464 g/mol. The van der Waals surface area contributed by atoms with Gasteiger partial charge < -0.3 is 35.4 Å². The van der Waals surface area contributed by atoms with Gasteiger partial charge in [-0.1, -0.05) is 0 Å². The van der Waals surface area contributed by atoms with Crippen LogP contribution in [0.15, 0.2) is 0 Å². The highest BCUT2D eigenvalue weighted by atomic mass is 16.5. The fourth-order valence-electron chi connectivity index (χ4n) is 4.18. The number of hydrogen-bond acceptors (Lipinski definition) is 13. The topological polar surface area (TPSA) is 178 Å². The van der Waals surface area contributed by atoms with Crippen LogP contribution in [0.1, 0.15) is 13.8 Å². The van der Waals surface area contributed by atoms with Gasteiger partial charge in [0, 0.05) is 59.3 Å². The van der Waals surface area contributed by atoms with E-state index in [4.69, 9.17) is 4.74 Å². The van der Waals surface area contributed by atoms with E-state index in [1.807, 2.05) is 19.6 Å². The van der Waals surface area contributed by atoms with Crippen molar-refractivity contribution in [3.8, 4) is 0 Å². The third-order valence-corrected chi connectivity index (χ3v) is 6.28. The lowest BCUT2D eigenvalue weighted by atomic mass is 10.1. The van der Waals surface area contributed by atoms with Crippen LogP contribution < -0.4 is 0 Å². The lowest BCUT2D eigenvalue weighted by Crippen LogP contribution is -2.56. The Labute approximate surface area is 207 Å². The first-order chi connectivity index (χ1) is 16.7. The molecule has 0 bridgehead atoms. The van der Waals surface area contributed by atoms with E-state index >= 15 is 0 Å². The lowest BCUT2D eigenvalue weighted by Gasteiger charge is -2.39. The molecule has 0 aromatic heterocycles. The maximum atomic E-state index is 11.9. The van der Waals surface area contributed by atoms with Crippen LogP contribution in [0.25, 0.3) is 0 Å². The second-order valence-electron chi connectivity index (χ2n) is 8.93. The van der Waals surface area contributed by atoms with Crippen molar-refractivity contribution in [2.45, 2.75) is 38.1 Å². The molecule has 0 saturated carbocycles. The number of esters is 1. The molecule has 13 nitrogen and oxygen atoms in total. The summed E-state index contributed by atoms with van der Waals surface area (Å²) >= 11 is 0. The first-order valence-corrected chi connectivity index (χ1v) is 12.0. The van der Waals surface area contributed by atoms with Gasteiger partial charge >= 0.3 is 5.97 Å². The molecule has 6 N–H and O–H groups in total. The van der Waals surface area contributed by atoms with Crippen molar-refractivity contribution in [3.63, 3.8) is 0 Å². The molecule has 35 heavy (non-hydrogen) atoms. The van der Waals surface area contributed by atoms with Gasteiger partial charge in [-0.25, -0.2) is 0 Å². The molecule has 0 radical (unpaired) electrons. The number of aliphatic hydroxyl groups is 6. The molecule has 1 heterocycles. The normalized spacial score (nSPS) is 21.9. The highest BCUT2D eigenvalue weighted by Gasteiger charge is 2.29. The fourth-order valence-corrected chi connectivity index (χ4v) is 4.18. The molecule has 1 aliphatic heterocycles. The molecule has 2 unspecified atom stereocenters. The molecule has 206 valence electrons. The Kier molecular flexibility index (Phi) is 15.6. The highest BCUT2D eigenvalue weighted by Crippen LogP contribution is 2.10. The average molecular weight is 509 g/mol. The minimum atomic E-state index is -1.16. The average Bonchev–Trinajstić information content (AvgIpc) is 2.82. The molecule has 0 aromatic rings. The Bertz CT molecular complexity index is 581. The third-order valence-electron chi connectivity index (χ3n) is 6.28. The van der Waals surface area contributed by atoms with E-state index in [0.29, 0.717) is 52.4 Å². The van der Waals surface area contributed by atoms with Crippen molar-refractivity contribution in [1.29, 1.82) is 0 Å². The Hall–Kier alpha value is -1.26. The summed E-state index contributed by atoms with van der Waals surface area (Å²) in [5.41, 5.74) is 0. The lowest BCUT2D eigenvalue weighted by molar-refractivity contribution is -0.146. The summed E-state index contributed by atoms with van der Waals surface area (Å²) in [5, 5.41) is 59.1. The monoisotopic (exact) mass is 508 g/mol. The number of Topliss-reactive ketones (excluding diaryl/α,β-unsaturated/α-hetero) is 1. The maximum absolute atomic E-state index is 11.9. The number of nitrogens with zero attached hydrogens (tertiary/aromatic N) is 4. The smallest absolute Gasteiger partial charge is 0.303 e. The van der Waals surface area contributed by atoms with Crippen LogP contribution in [0.3, 0.4) is 0 Å². The maximum Gasteiger partial charge on any atom is 0.303 e. The second kappa shape index (κ2) is 17.2. The van der Waals surface area contributed by atoms with Gasteiger partial charge in [0.05, 0.1) is 57.3 Å². The van der Waals surface area contributed by atoms with Crippen LogP contribution in [-0.2, 0) is 14.3 Å². The van der Waals surface area contributed by atoms with Crippen LogP contribution in [-0.4, -0.2) is 178 Å². The van der Waals surface area contributed by atoms with Crippen molar-refractivity contribution < 1.29 is 45.0 Å². The first-order valence-electron chi connectivity index (χ1n) is 12.0. The summed E-state index contributed by atoms with van der Waals surface area (Å²) < 4.78 is 5.17. The predicted octanol–water partition coefficient (Wildman–Crippen LogP) is -4.25. The van der Waals surface area contributed by atoms with E-state index in [2.05, 4.69) is 0 Å². The number of ether oxygens (including phenoxy) is 1. The van der Waals surface area contributed by atoms with Gasteiger partial charge in [-0.05, 0) is 6.92 Å². The van der Waals surface area contributed by atoms with Crippen molar-refractivity contribution in [2.24, 2.45) is 0 Å². The first kappa shape index (κ1) is 31.8. The van der Waals surface area contributed by atoms with Gasteiger partial charge in [0.15, 0.2) is 0 Å². The Balaban J connectivity index is 3.18. The van der Waals surface area contributed by atoms with Gasteiger partial charge in [-0.3, -0.25) is 29.2 Å². The molecule has 1 saturated heterocycles. The van der Waals surface area contributed by atoms with E-state index in [-0.39, 0.29) is 32.3 Å². The third kappa shape index (κ3) is 11.6. The van der Waals surface area contributed by atoms with Gasteiger partial charge in [-0.2, -0.15) is 0 Å². The summed E-state index contributed by atoms with van der Waals surface area (Å²) in [6.07, 6.45) is -2.31. The summed E-state index contributed by atoms with van der Waals surface area (Å²) in [4.78, 5) is 30.7. The van der Waals surface area contributed by atoms with Crippen LogP contribution in [0.5, 0.6) is 0 Å². The van der Waals surface area contributed by atoms with Gasteiger partial charge in [-0.15, -0.1) is 0 Å². The molecule has 0 aromatic carbocycles. The molecule has 4 atom stereocenters. The molecule has 0 amide bonds. The minimum Gasteiger partial charge on any atom is -0.450 e. The van der Waals surface area contributed by atoms with E-state index < -0.39 is 43.5 Å². The van der Waals surface area contributed by atoms with Crippen molar-refractivity contribution >= 4 is 11.8 Å². The van der Waals surface area contributed by atoms with Gasteiger partial charge in [0.25, 0.3) is 0 Å². The van der Waals surface area contributed by atoms with Crippen molar-refractivity contribution in [1.82, 2.24) is 19.6 Å². The zero-order valence-corrected chi connectivity index (χ0v) is 20.9. The van der Waals surface area contributed by atoms with Crippen LogP contribution >= 0.6 is 0 Å².